The number of aryl methyl sites for hydroxylation is 1. The Bertz CT molecular complexity index is 368. The highest BCUT2D eigenvalue weighted by atomic mass is 16.5. The van der Waals surface area contributed by atoms with E-state index in [4.69, 9.17) is 4.74 Å². The number of ether oxygens (including phenoxy) is 1. The molecule has 17 heavy (non-hydrogen) atoms. The highest BCUT2D eigenvalue weighted by Crippen LogP contribution is 2.15. The zero-order valence-electron chi connectivity index (χ0n) is 11.0. The number of carbonyl (C=O) groups is 1. The molecule has 3 nitrogen and oxygen atoms in total. The molecule has 0 radical (unpaired) electrons. The van der Waals surface area contributed by atoms with E-state index in [-0.39, 0.29) is 5.97 Å². The van der Waals surface area contributed by atoms with Crippen LogP contribution in [0.25, 0.3) is 0 Å². The average Bonchev–Trinajstić information content (AvgIpc) is 2.30. The monoisotopic (exact) mass is 235 g/mol. The van der Waals surface area contributed by atoms with Crippen LogP contribution in [0.5, 0.6) is 0 Å². The van der Waals surface area contributed by atoms with E-state index in [1.165, 1.54) is 18.2 Å². The molecular formula is C14H21NO2. The molecule has 0 saturated heterocycles. The standard InChI is InChI=1S/C14H21NO2/c1-11-5-7-12(8-6-11)9-15-10-14(2,3)13(16)17-4/h5-8,15H,9-10H2,1-4H3. The fraction of sp³-hybridized carbons (Fsp3) is 0.500. The van der Waals surface area contributed by atoms with Crippen molar-refractivity contribution in [1.29, 1.82) is 0 Å². The van der Waals surface area contributed by atoms with Gasteiger partial charge < -0.3 is 10.1 Å². The highest BCUT2D eigenvalue weighted by molar-refractivity contribution is 5.76. The summed E-state index contributed by atoms with van der Waals surface area (Å²) in [6, 6.07) is 8.35. The van der Waals surface area contributed by atoms with Crippen molar-refractivity contribution in [3.63, 3.8) is 0 Å². The SMILES string of the molecule is COC(=O)C(C)(C)CNCc1ccc(C)cc1. The number of hydrogen-bond donors (Lipinski definition) is 1. The van der Waals surface area contributed by atoms with E-state index in [9.17, 15) is 4.79 Å². The summed E-state index contributed by atoms with van der Waals surface area (Å²) in [6.07, 6.45) is 0. The third kappa shape index (κ3) is 4.19. The van der Waals surface area contributed by atoms with Gasteiger partial charge in [0.1, 0.15) is 0 Å². The summed E-state index contributed by atoms with van der Waals surface area (Å²) < 4.78 is 4.75. The molecule has 1 aromatic carbocycles. The van der Waals surface area contributed by atoms with Crippen molar-refractivity contribution in [3.05, 3.63) is 35.4 Å². The summed E-state index contributed by atoms with van der Waals surface area (Å²) in [4.78, 5) is 11.5. The maximum atomic E-state index is 11.5. The summed E-state index contributed by atoms with van der Waals surface area (Å²) in [6.45, 7) is 7.19. The Morgan fingerprint density at radius 1 is 1.29 bits per heavy atom. The summed E-state index contributed by atoms with van der Waals surface area (Å²) in [7, 11) is 1.42. The van der Waals surface area contributed by atoms with Crippen LogP contribution in [0.4, 0.5) is 0 Å². The Hall–Kier alpha value is -1.35. The van der Waals surface area contributed by atoms with E-state index in [0.29, 0.717) is 6.54 Å². The maximum Gasteiger partial charge on any atom is 0.312 e. The first-order chi connectivity index (χ1) is 7.95. The van der Waals surface area contributed by atoms with Crippen molar-refractivity contribution in [2.24, 2.45) is 5.41 Å². The molecule has 0 unspecified atom stereocenters. The number of hydrogen-bond acceptors (Lipinski definition) is 3. The minimum Gasteiger partial charge on any atom is -0.469 e. The molecule has 0 aliphatic heterocycles. The van der Waals surface area contributed by atoms with Crippen molar-refractivity contribution in [2.45, 2.75) is 27.3 Å². The molecule has 3 heteroatoms. The summed E-state index contributed by atoms with van der Waals surface area (Å²) in [5, 5.41) is 3.28. The van der Waals surface area contributed by atoms with Gasteiger partial charge in [-0.15, -0.1) is 0 Å². The molecule has 0 aliphatic carbocycles. The molecule has 0 saturated carbocycles. The number of rotatable bonds is 5. The van der Waals surface area contributed by atoms with Crippen molar-refractivity contribution in [3.8, 4) is 0 Å². The van der Waals surface area contributed by atoms with Crippen LogP contribution in [0, 0.1) is 12.3 Å². The number of carbonyl (C=O) groups excluding carboxylic acids is 1. The Morgan fingerprint density at radius 3 is 2.41 bits per heavy atom. The molecule has 1 N–H and O–H groups in total. The van der Waals surface area contributed by atoms with Crippen LogP contribution in [0.1, 0.15) is 25.0 Å². The van der Waals surface area contributed by atoms with Crippen LogP contribution in [0.2, 0.25) is 0 Å². The van der Waals surface area contributed by atoms with Crippen LogP contribution < -0.4 is 5.32 Å². The predicted molar refractivity (Wildman–Crippen MR) is 68.7 cm³/mol. The zero-order chi connectivity index (χ0) is 12.9. The number of methoxy groups -OCH3 is 1. The van der Waals surface area contributed by atoms with Gasteiger partial charge in [-0.05, 0) is 26.3 Å². The topological polar surface area (TPSA) is 38.3 Å². The third-order valence-electron chi connectivity index (χ3n) is 2.75. The lowest BCUT2D eigenvalue weighted by molar-refractivity contribution is -0.150. The summed E-state index contributed by atoms with van der Waals surface area (Å²) in [5.74, 6) is -0.186. The minimum absolute atomic E-state index is 0.186. The van der Waals surface area contributed by atoms with Crippen LogP contribution in [0.15, 0.2) is 24.3 Å². The second-order valence-corrected chi connectivity index (χ2v) is 4.96. The van der Waals surface area contributed by atoms with E-state index in [1.807, 2.05) is 13.8 Å². The van der Waals surface area contributed by atoms with Gasteiger partial charge in [-0.2, -0.15) is 0 Å². The molecule has 0 spiro atoms. The number of benzene rings is 1. The predicted octanol–water partition coefficient (Wildman–Crippen LogP) is 2.28. The minimum atomic E-state index is -0.487. The van der Waals surface area contributed by atoms with Gasteiger partial charge in [0.15, 0.2) is 0 Å². The Balaban J connectivity index is 2.42. The molecule has 0 atom stereocenters. The molecule has 94 valence electrons. The summed E-state index contributed by atoms with van der Waals surface area (Å²) >= 11 is 0. The second-order valence-electron chi connectivity index (χ2n) is 4.96. The largest absolute Gasteiger partial charge is 0.469 e. The molecular weight excluding hydrogens is 214 g/mol. The fourth-order valence-corrected chi connectivity index (χ4v) is 1.57. The van der Waals surface area contributed by atoms with Crippen molar-refractivity contribution >= 4 is 5.97 Å². The summed E-state index contributed by atoms with van der Waals surface area (Å²) in [5.41, 5.74) is 1.99. The number of esters is 1. The zero-order valence-corrected chi connectivity index (χ0v) is 11.0. The molecule has 0 aromatic heterocycles. The van der Waals surface area contributed by atoms with Crippen LogP contribution in [-0.4, -0.2) is 19.6 Å². The van der Waals surface area contributed by atoms with Gasteiger partial charge >= 0.3 is 5.97 Å². The molecule has 1 aromatic rings. The maximum absolute atomic E-state index is 11.5. The van der Waals surface area contributed by atoms with Gasteiger partial charge in [0, 0.05) is 13.1 Å². The second kappa shape index (κ2) is 5.82. The van der Waals surface area contributed by atoms with E-state index in [0.717, 1.165) is 6.54 Å². The van der Waals surface area contributed by atoms with Crippen molar-refractivity contribution < 1.29 is 9.53 Å². The molecule has 0 amide bonds. The molecule has 0 bridgehead atoms. The normalized spacial score (nSPS) is 11.3. The Kier molecular flexibility index (Phi) is 4.70. The van der Waals surface area contributed by atoms with E-state index >= 15 is 0 Å². The lowest BCUT2D eigenvalue weighted by Gasteiger charge is -2.21. The van der Waals surface area contributed by atoms with Crippen molar-refractivity contribution in [2.75, 3.05) is 13.7 Å². The lowest BCUT2D eigenvalue weighted by Crippen LogP contribution is -2.36. The quantitative estimate of drug-likeness (QED) is 0.796. The van der Waals surface area contributed by atoms with Gasteiger partial charge in [-0.3, -0.25) is 4.79 Å². The Labute approximate surface area is 103 Å². The van der Waals surface area contributed by atoms with Gasteiger partial charge in [0.25, 0.3) is 0 Å². The van der Waals surface area contributed by atoms with Gasteiger partial charge in [-0.25, -0.2) is 0 Å². The van der Waals surface area contributed by atoms with E-state index in [2.05, 4.69) is 36.5 Å². The fourth-order valence-electron chi connectivity index (χ4n) is 1.57. The lowest BCUT2D eigenvalue weighted by atomic mass is 9.93. The number of nitrogens with one attached hydrogen (secondary N) is 1. The molecule has 1 rings (SSSR count). The van der Waals surface area contributed by atoms with Crippen LogP contribution >= 0.6 is 0 Å². The highest BCUT2D eigenvalue weighted by Gasteiger charge is 2.27. The first kappa shape index (κ1) is 13.7. The van der Waals surface area contributed by atoms with Gasteiger partial charge in [-0.1, -0.05) is 29.8 Å². The third-order valence-corrected chi connectivity index (χ3v) is 2.75. The van der Waals surface area contributed by atoms with Crippen molar-refractivity contribution in [1.82, 2.24) is 5.32 Å². The first-order valence-electron chi connectivity index (χ1n) is 5.80. The molecule has 0 aliphatic rings. The molecule has 0 fully saturated rings. The smallest absolute Gasteiger partial charge is 0.312 e. The van der Waals surface area contributed by atoms with Crippen LogP contribution in [-0.2, 0) is 16.1 Å². The first-order valence-corrected chi connectivity index (χ1v) is 5.80. The average molecular weight is 235 g/mol. The van der Waals surface area contributed by atoms with Gasteiger partial charge in [0.2, 0.25) is 0 Å². The van der Waals surface area contributed by atoms with E-state index in [1.54, 1.807) is 0 Å². The van der Waals surface area contributed by atoms with Gasteiger partial charge in [0.05, 0.1) is 12.5 Å². The molecule has 0 heterocycles. The Morgan fingerprint density at radius 2 is 1.88 bits per heavy atom. The van der Waals surface area contributed by atoms with E-state index < -0.39 is 5.41 Å². The van der Waals surface area contributed by atoms with Crippen LogP contribution in [0.3, 0.4) is 0 Å².